The lowest BCUT2D eigenvalue weighted by atomic mass is 9.90. The van der Waals surface area contributed by atoms with E-state index in [0.29, 0.717) is 41.4 Å². The molecule has 2 aliphatic rings. The molecule has 0 unspecified atom stereocenters. The monoisotopic (exact) mass is 493 g/mol. The molecule has 2 saturated heterocycles. The van der Waals surface area contributed by atoms with Crippen LogP contribution in [0.15, 0.2) is 60.9 Å². The molecule has 0 N–H and O–H groups in total. The molecule has 5 rings (SSSR count). The molecule has 0 radical (unpaired) electrons. The van der Waals surface area contributed by atoms with Gasteiger partial charge in [0.25, 0.3) is 5.91 Å². The number of hydrogen-bond acceptors (Lipinski definition) is 3. The first-order valence-electron chi connectivity index (χ1n) is 12.6. The second-order valence-corrected chi connectivity index (χ2v) is 9.80. The van der Waals surface area contributed by atoms with Gasteiger partial charge in [0.15, 0.2) is 0 Å². The summed E-state index contributed by atoms with van der Waals surface area (Å²) < 4.78 is 40.0. The molecule has 2 aromatic carbocycles. The average molecular weight is 494 g/mol. The fraction of sp³-hybridized carbons (Fsp3) is 0.379. The summed E-state index contributed by atoms with van der Waals surface area (Å²) in [7, 11) is 0. The van der Waals surface area contributed by atoms with E-state index >= 15 is 0 Å². The van der Waals surface area contributed by atoms with Gasteiger partial charge in [-0.1, -0.05) is 24.3 Å². The summed E-state index contributed by atoms with van der Waals surface area (Å²) in [6.07, 6.45) is 3.38. The summed E-state index contributed by atoms with van der Waals surface area (Å²) in [6.45, 7) is 5.59. The quantitative estimate of drug-likeness (QED) is 0.420. The lowest BCUT2D eigenvalue weighted by molar-refractivity contribution is -0.137. The van der Waals surface area contributed by atoms with Crippen LogP contribution in [0.25, 0.3) is 22.3 Å². The number of carbonyl (C=O) groups excluding carboxylic acids is 1. The third-order valence-electron chi connectivity index (χ3n) is 7.45. The Labute approximate surface area is 209 Å². The van der Waals surface area contributed by atoms with Crippen molar-refractivity contribution in [1.29, 1.82) is 0 Å². The van der Waals surface area contributed by atoms with E-state index < -0.39 is 11.7 Å². The molecule has 7 heteroatoms. The van der Waals surface area contributed by atoms with Gasteiger partial charge >= 0.3 is 6.18 Å². The number of pyridine rings is 1. The molecule has 0 aliphatic carbocycles. The first-order chi connectivity index (χ1) is 17.3. The van der Waals surface area contributed by atoms with E-state index in [4.69, 9.17) is 0 Å². The maximum atomic E-state index is 13.8. The van der Waals surface area contributed by atoms with Gasteiger partial charge in [-0.05, 0) is 92.2 Å². The number of hydrogen-bond donors (Lipinski definition) is 0. The Hall–Kier alpha value is -3.19. The van der Waals surface area contributed by atoms with Crippen LogP contribution < -0.4 is 0 Å². The average Bonchev–Trinajstić information content (AvgIpc) is 3.43. The van der Waals surface area contributed by atoms with Crippen LogP contribution in [0.2, 0.25) is 0 Å². The lowest BCUT2D eigenvalue weighted by Gasteiger charge is -2.37. The van der Waals surface area contributed by atoms with Gasteiger partial charge in [-0.25, -0.2) is 0 Å². The highest BCUT2D eigenvalue weighted by Gasteiger charge is 2.32. The van der Waals surface area contributed by atoms with Crippen LogP contribution in [-0.2, 0) is 6.18 Å². The summed E-state index contributed by atoms with van der Waals surface area (Å²) in [4.78, 5) is 22.5. The molecule has 188 valence electrons. The smallest absolute Gasteiger partial charge is 0.339 e. The number of likely N-dealkylation sites (tertiary alicyclic amines) is 2. The number of aryl methyl sites for hydroxylation is 1. The Morgan fingerprint density at radius 2 is 1.64 bits per heavy atom. The van der Waals surface area contributed by atoms with Crippen LogP contribution in [0.5, 0.6) is 0 Å². The number of amides is 1. The zero-order valence-electron chi connectivity index (χ0n) is 20.4. The standard InChI is InChI=1S/C29H30F3N3O/c1-20-16-23(21-6-4-8-24(17-21)29(30,31)32)18-26(22-7-5-11-33-19-22)27(20)28(36)35-14-9-25(10-15-35)34-12-2-3-13-34/h4-8,11,16-19,25H,2-3,9-10,12-15H2,1H3. The number of nitrogens with zero attached hydrogens (tertiary/aromatic N) is 3. The van der Waals surface area contributed by atoms with Gasteiger partial charge in [-0.2, -0.15) is 13.2 Å². The molecule has 2 aliphatic heterocycles. The van der Waals surface area contributed by atoms with Crippen LogP contribution in [0.3, 0.4) is 0 Å². The van der Waals surface area contributed by atoms with Crippen molar-refractivity contribution >= 4 is 5.91 Å². The van der Waals surface area contributed by atoms with Crippen molar-refractivity contribution in [3.05, 3.63) is 77.6 Å². The Kier molecular flexibility index (Phi) is 6.84. The maximum Gasteiger partial charge on any atom is 0.416 e. The summed E-state index contributed by atoms with van der Waals surface area (Å²) in [5.74, 6) is -0.0261. The molecule has 0 saturated carbocycles. The number of halogens is 3. The highest BCUT2D eigenvalue weighted by atomic mass is 19.4. The zero-order chi connectivity index (χ0) is 25.3. The predicted molar refractivity (Wildman–Crippen MR) is 135 cm³/mol. The van der Waals surface area contributed by atoms with Gasteiger partial charge in [0, 0.05) is 37.1 Å². The lowest BCUT2D eigenvalue weighted by Crippen LogP contribution is -2.46. The molecule has 0 atom stereocenters. The molecule has 36 heavy (non-hydrogen) atoms. The van der Waals surface area contributed by atoms with E-state index in [2.05, 4.69) is 9.88 Å². The molecule has 0 bridgehead atoms. The van der Waals surface area contributed by atoms with Crippen LogP contribution in [0, 0.1) is 6.92 Å². The van der Waals surface area contributed by atoms with E-state index in [1.165, 1.54) is 18.9 Å². The first-order valence-corrected chi connectivity index (χ1v) is 12.6. The Bertz CT molecular complexity index is 1230. The van der Waals surface area contributed by atoms with Crippen molar-refractivity contribution in [2.24, 2.45) is 0 Å². The second kappa shape index (κ2) is 10.1. The molecule has 0 spiro atoms. The molecule has 1 amide bonds. The van der Waals surface area contributed by atoms with Gasteiger partial charge in [0.1, 0.15) is 0 Å². The highest BCUT2D eigenvalue weighted by Crippen LogP contribution is 2.36. The first kappa shape index (κ1) is 24.5. The fourth-order valence-electron chi connectivity index (χ4n) is 5.56. The van der Waals surface area contributed by atoms with E-state index in [1.807, 2.05) is 30.0 Å². The van der Waals surface area contributed by atoms with Crippen molar-refractivity contribution in [3.8, 4) is 22.3 Å². The minimum atomic E-state index is -4.42. The van der Waals surface area contributed by atoms with Gasteiger partial charge in [0.2, 0.25) is 0 Å². The SMILES string of the molecule is Cc1cc(-c2cccc(C(F)(F)F)c2)cc(-c2cccnc2)c1C(=O)N1CCC(N2CCCC2)CC1. The molecule has 3 aromatic rings. The second-order valence-electron chi connectivity index (χ2n) is 9.80. The molecule has 1 aromatic heterocycles. The van der Waals surface area contributed by atoms with Crippen LogP contribution >= 0.6 is 0 Å². The van der Waals surface area contributed by atoms with Crippen molar-refractivity contribution in [1.82, 2.24) is 14.8 Å². The van der Waals surface area contributed by atoms with E-state index in [9.17, 15) is 18.0 Å². The largest absolute Gasteiger partial charge is 0.416 e. The Balaban J connectivity index is 1.49. The van der Waals surface area contributed by atoms with Crippen LogP contribution in [0.4, 0.5) is 13.2 Å². The van der Waals surface area contributed by atoms with E-state index in [1.54, 1.807) is 24.5 Å². The predicted octanol–water partition coefficient (Wildman–Crippen LogP) is 6.44. The fourth-order valence-corrected chi connectivity index (χ4v) is 5.56. The number of carbonyl (C=O) groups is 1. The van der Waals surface area contributed by atoms with Gasteiger partial charge in [-0.15, -0.1) is 0 Å². The maximum absolute atomic E-state index is 13.8. The third-order valence-corrected chi connectivity index (χ3v) is 7.45. The number of rotatable bonds is 4. The van der Waals surface area contributed by atoms with Crippen molar-refractivity contribution in [2.45, 2.75) is 44.8 Å². The third kappa shape index (κ3) is 5.03. The minimum Gasteiger partial charge on any atom is -0.339 e. The number of aromatic nitrogens is 1. The van der Waals surface area contributed by atoms with Crippen molar-refractivity contribution in [2.75, 3.05) is 26.2 Å². The zero-order valence-corrected chi connectivity index (χ0v) is 20.4. The topological polar surface area (TPSA) is 36.4 Å². The summed E-state index contributed by atoms with van der Waals surface area (Å²) in [5, 5.41) is 0. The molecule has 4 nitrogen and oxygen atoms in total. The molecule has 2 fully saturated rings. The number of piperidine rings is 1. The van der Waals surface area contributed by atoms with Crippen LogP contribution in [-0.4, -0.2) is 52.9 Å². The Morgan fingerprint density at radius 3 is 2.31 bits per heavy atom. The normalized spacial score (nSPS) is 17.5. The highest BCUT2D eigenvalue weighted by molar-refractivity contribution is 6.03. The van der Waals surface area contributed by atoms with Crippen LogP contribution in [0.1, 0.15) is 47.2 Å². The van der Waals surface area contributed by atoms with Crippen molar-refractivity contribution < 1.29 is 18.0 Å². The van der Waals surface area contributed by atoms with Gasteiger partial charge in [-0.3, -0.25) is 9.78 Å². The van der Waals surface area contributed by atoms with Gasteiger partial charge < -0.3 is 9.80 Å². The Morgan fingerprint density at radius 1 is 0.917 bits per heavy atom. The number of alkyl halides is 3. The summed E-state index contributed by atoms with van der Waals surface area (Å²) in [5.41, 5.74) is 3.22. The molecular weight excluding hydrogens is 463 g/mol. The van der Waals surface area contributed by atoms with Crippen molar-refractivity contribution in [3.63, 3.8) is 0 Å². The van der Waals surface area contributed by atoms with Gasteiger partial charge in [0.05, 0.1) is 11.1 Å². The summed E-state index contributed by atoms with van der Waals surface area (Å²) >= 11 is 0. The van der Waals surface area contributed by atoms with E-state index in [0.717, 1.165) is 49.2 Å². The minimum absolute atomic E-state index is 0.0261. The number of benzene rings is 2. The van der Waals surface area contributed by atoms with E-state index in [-0.39, 0.29) is 5.91 Å². The summed E-state index contributed by atoms with van der Waals surface area (Å²) in [6, 6.07) is 13.2. The molecular formula is C29H30F3N3O. The molecule has 3 heterocycles.